The van der Waals surface area contributed by atoms with Gasteiger partial charge in [0.15, 0.2) is 0 Å². The zero-order valence-corrected chi connectivity index (χ0v) is 28.8. The van der Waals surface area contributed by atoms with Gasteiger partial charge in [-0.25, -0.2) is 0 Å². The monoisotopic (exact) mass is 648 g/mol. The third-order valence-electron chi connectivity index (χ3n) is 11.3. The lowest BCUT2D eigenvalue weighted by atomic mass is 9.81. The van der Waals surface area contributed by atoms with Crippen LogP contribution in [0.2, 0.25) is 0 Å². The Labute approximate surface area is 299 Å². The van der Waals surface area contributed by atoms with Gasteiger partial charge in [0.25, 0.3) is 0 Å². The SMILES string of the molecule is CC1(C)c2ccccc2-c2ccc(-c3cccc(-c4c5ccccc5c(-c5cccc6ccccc56)c5cc(-c6ccccc6)ccc45)c3)cc21. The maximum Gasteiger partial charge on any atom is 0.0159 e. The molecule has 0 atom stereocenters. The first-order valence-electron chi connectivity index (χ1n) is 17.9. The quantitative estimate of drug-likeness (QED) is 0.167. The van der Waals surface area contributed by atoms with Crippen molar-refractivity contribution < 1.29 is 0 Å². The van der Waals surface area contributed by atoms with Gasteiger partial charge in [-0.15, -0.1) is 0 Å². The predicted octanol–water partition coefficient (Wildman–Crippen LogP) is 14.1. The van der Waals surface area contributed by atoms with Crippen LogP contribution in [0.1, 0.15) is 25.0 Å². The van der Waals surface area contributed by atoms with Crippen LogP contribution >= 0.6 is 0 Å². The number of fused-ring (bicyclic) bond motifs is 6. The molecular formula is C51H36. The van der Waals surface area contributed by atoms with Gasteiger partial charge in [0, 0.05) is 5.41 Å². The minimum atomic E-state index is -0.0418. The molecule has 0 bridgehead atoms. The summed E-state index contributed by atoms with van der Waals surface area (Å²) in [5.74, 6) is 0. The largest absolute Gasteiger partial charge is 0.0622 e. The molecule has 0 aromatic heterocycles. The molecule has 9 aromatic rings. The molecule has 51 heavy (non-hydrogen) atoms. The number of hydrogen-bond donors (Lipinski definition) is 0. The van der Waals surface area contributed by atoms with Crippen LogP contribution < -0.4 is 0 Å². The van der Waals surface area contributed by atoms with Gasteiger partial charge in [-0.2, -0.15) is 0 Å². The van der Waals surface area contributed by atoms with Crippen molar-refractivity contribution in [1.82, 2.24) is 0 Å². The highest BCUT2D eigenvalue weighted by molar-refractivity contribution is 6.24. The normalized spacial score (nSPS) is 13.1. The lowest BCUT2D eigenvalue weighted by Crippen LogP contribution is -2.14. The van der Waals surface area contributed by atoms with E-state index in [1.54, 1.807) is 0 Å². The molecule has 0 fully saturated rings. The molecule has 9 aromatic carbocycles. The van der Waals surface area contributed by atoms with Crippen LogP contribution in [0.3, 0.4) is 0 Å². The maximum atomic E-state index is 2.43. The summed E-state index contributed by atoms with van der Waals surface area (Å²) in [6, 6.07) is 67.5. The van der Waals surface area contributed by atoms with Gasteiger partial charge >= 0.3 is 0 Å². The molecule has 0 nitrogen and oxygen atoms in total. The molecule has 10 rings (SSSR count). The molecule has 0 spiro atoms. The Kier molecular flexibility index (Phi) is 6.63. The minimum Gasteiger partial charge on any atom is -0.0622 e. The summed E-state index contributed by atoms with van der Waals surface area (Å²) in [6.45, 7) is 4.72. The molecule has 0 amide bonds. The summed E-state index contributed by atoms with van der Waals surface area (Å²) in [6.07, 6.45) is 0. The van der Waals surface area contributed by atoms with Gasteiger partial charge in [0.05, 0.1) is 0 Å². The van der Waals surface area contributed by atoms with E-state index in [0.717, 1.165) is 0 Å². The molecular weight excluding hydrogens is 613 g/mol. The van der Waals surface area contributed by atoms with Crippen molar-refractivity contribution >= 4 is 32.3 Å². The highest BCUT2D eigenvalue weighted by Gasteiger charge is 2.35. The average molecular weight is 649 g/mol. The first-order chi connectivity index (χ1) is 25.1. The van der Waals surface area contributed by atoms with Crippen molar-refractivity contribution in [3.05, 3.63) is 193 Å². The smallest absolute Gasteiger partial charge is 0.0159 e. The number of rotatable bonds is 4. The van der Waals surface area contributed by atoms with Crippen molar-refractivity contribution in [2.45, 2.75) is 19.3 Å². The molecule has 1 aliphatic carbocycles. The molecule has 0 aliphatic heterocycles. The molecule has 0 N–H and O–H groups in total. The van der Waals surface area contributed by atoms with Crippen molar-refractivity contribution in [1.29, 1.82) is 0 Å². The van der Waals surface area contributed by atoms with E-state index in [4.69, 9.17) is 0 Å². The van der Waals surface area contributed by atoms with E-state index in [2.05, 4.69) is 196 Å². The van der Waals surface area contributed by atoms with Crippen LogP contribution in [-0.2, 0) is 5.41 Å². The molecule has 0 heterocycles. The maximum absolute atomic E-state index is 2.43. The fourth-order valence-corrected chi connectivity index (χ4v) is 8.77. The minimum absolute atomic E-state index is 0.0418. The van der Waals surface area contributed by atoms with E-state index in [1.807, 2.05) is 0 Å². The van der Waals surface area contributed by atoms with Gasteiger partial charge in [-0.3, -0.25) is 0 Å². The molecule has 240 valence electrons. The van der Waals surface area contributed by atoms with E-state index < -0.39 is 0 Å². The van der Waals surface area contributed by atoms with Crippen LogP contribution in [0.25, 0.3) is 88.0 Å². The lowest BCUT2D eigenvalue weighted by Gasteiger charge is -2.22. The van der Waals surface area contributed by atoms with Crippen molar-refractivity contribution in [2.75, 3.05) is 0 Å². The Bertz CT molecular complexity index is 2810. The topological polar surface area (TPSA) is 0 Å². The van der Waals surface area contributed by atoms with Gasteiger partial charge < -0.3 is 0 Å². The zero-order chi connectivity index (χ0) is 34.1. The first kappa shape index (κ1) is 29.7. The zero-order valence-electron chi connectivity index (χ0n) is 28.8. The fraction of sp³-hybridized carbons (Fsp3) is 0.0588. The van der Waals surface area contributed by atoms with Crippen LogP contribution in [0.4, 0.5) is 0 Å². The van der Waals surface area contributed by atoms with E-state index in [0.29, 0.717) is 0 Å². The molecule has 0 heteroatoms. The summed E-state index contributed by atoms with van der Waals surface area (Å²) in [5, 5.41) is 7.59. The van der Waals surface area contributed by atoms with Gasteiger partial charge in [0.1, 0.15) is 0 Å². The number of benzene rings is 9. The van der Waals surface area contributed by atoms with Gasteiger partial charge in [0.2, 0.25) is 0 Å². The van der Waals surface area contributed by atoms with Crippen LogP contribution in [0.5, 0.6) is 0 Å². The first-order valence-corrected chi connectivity index (χ1v) is 17.9. The van der Waals surface area contributed by atoms with Crippen molar-refractivity contribution in [3.63, 3.8) is 0 Å². The third kappa shape index (κ3) is 4.60. The average Bonchev–Trinajstić information content (AvgIpc) is 3.42. The standard InChI is InChI=1S/C51H36/c1-51(2)47-25-11-10-21-40(47)41-28-26-37(32-48(41)51)35-18-12-19-38(30-35)49-43-22-8-9-23-44(43)50(42-24-13-17-34-16-6-7-20-39(34)42)46-31-36(27-29-45(46)49)33-14-4-3-5-15-33/h3-32H,1-2H3. The lowest BCUT2D eigenvalue weighted by molar-refractivity contribution is 0.660. The molecule has 1 aliphatic rings. The van der Waals surface area contributed by atoms with Crippen LogP contribution in [0.15, 0.2) is 182 Å². The second-order valence-electron chi connectivity index (χ2n) is 14.5. The van der Waals surface area contributed by atoms with E-state index in [1.165, 1.54) is 99.1 Å². The van der Waals surface area contributed by atoms with Crippen LogP contribution in [-0.4, -0.2) is 0 Å². The third-order valence-corrected chi connectivity index (χ3v) is 11.3. The predicted molar refractivity (Wildman–Crippen MR) is 218 cm³/mol. The van der Waals surface area contributed by atoms with E-state index >= 15 is 0 Å². The highest BCUT2D eigenvalue weighted by atomic mass is 14.4. The van der Waals surface area contributed by atoms with Gasteiger partial charge in [-0.05, 0) is 117 Å². The molecule has 0 saturated carbocycles. The summed E-state index contributed by atoms with van der Waals surface area (Å²) < 4.78 is 0. The Morgan fingerprint density at radius 1 is 0.294 bits per heavy atom. The van der Waals surface area contributed by atoms with E-state index in [9.17, 15) is 0 Å². The van der Waals surface area contributed by atoms with Gasteiger partial charge in [-0.1, -0.05) is 178 Å². The molecule has 0 saturated heterocycles. The molecule has 0 unspecified atom stereocenters. The van der Waals surface area contributed by atoms with Crippen molar-refractivity contribution in [2.24, 2.45) is 0 Å². The van der Waals surface area contributed by atoms with Crippen LogP contribution in [0, 0.1) is 0 Å². The Morgan fingerprint density at radius 3 is 1.71 bits per heavy atom. The molecule has 0 radical (unpaired) electrons. The Hall–Kier alpha value is -6.24. The Balaban J connectivity index is 1.23. The number of hydrogen-bond acceptors (Lipinski definition) is 0. The fourth-order valence-electron chi connectivity index (χ4n) is 8.77. The second-order valence-corrected chi connectivity index (χ2v) is 14.5. The summed E-state index contributed by atoms with van der Waals surface area (Å²) in [7, 11) is 0. The summed E-state index contributed by atoms with van der Waals surface area (Å²) in [4.78, 5) is 0. The second kappa shape index (κ2) is 11.4. The summed E-state index contributed by atoms with van der Waals surface area (Å²) >= 11 is 0. The highest BCUT2D eigenvalue weighted by Crippen LogP contribution is 2.50. The Morgan fingerprint density at radius 2 is 0.843 bits per heavy atom. The summed E-state index contributed by atoms with van der Waals surface area (Å²) in [5.41, 5.74) is 15.5. The van der Waals surface area contributed by atoms with E-state index in [-0.39, 0.29) is 5.41 Å². The van der Waals surface area contributed by atoms with Crippen molar-refractivity contribution in [3.8, 4) is 55.6 Å².